The van der Waals surface area contributed by atoms with Crippen molar-refractivity contribution in [1.82, 2.24) is 0 Å². The van der Waals surface area contributed by atoms with Crippen molar-refractivity contribution in [2.45, 2.75) is 13.3 Å². The predicted molar refractivity (Wildman–Crippen MR) is 62.4 cm³/mol. The monoisotopic (exact) mass is 326 g/mol. The second-order valence-corrected chi connectivity index (χ2v) is 3.76. The van der Waals surface area contributed by atoms with Crippen LogP contribution in [0.3, 0.4) is 0 Å². The van der Waals surface area contributed by atoms with E-state index in [0.717, 1.165) is 6.07 Å². The van der Waals surface area contributed by atoms with Gasteiger partial charge in [0.25, 0.3) is 0 Å². The summed E-state index contributed by atoms with van der Waals surface area (Å²) in [6.45, 7) is 1.83. The van der Waals surface area contributed by atoms with Gasteiger partial charge in [-0.15, -0.1) is 13.2 Å². The first kappa shape index (κ1) is 14.8. The lowest BCUT2D eigenvalue weighted by molar-refractivity contribution is -0.275. The molecule has 1 rings (SSSR count). The van der Waals surface area contributed by atoms with Gasteiger partial charge in [-0.25, -0.2) is 0 Å². The number of carbonyl (C=O) groups excluding carboxylic acids is 1. The molecule has 0 amide bonds. The molecule has 0 bridgehead atoms. The number of hydrogen-bond acceptors (Lipinski definition) is 3. The van der Waals surface area contributed by atoms with Gasteiger partial charge in [-0.3, -0.25) is 4.79 Å². The van der Waals surface area contributed by atoms with E-state index in [4.69, 9.17) is 4.74 Å². The number of halogens is 4. The lowest BCUT2D eigenvalue weighted by atomic mass is 10.1. The second kappa shape index (κ2) is 6.08. The lowest BCUT2D eigenvalue weighted by Gasteiger charge is -2.14. The Morgan fingerprint density at radius 2 is 2.00 bits per heavy atom. The number of rotatable bonds is 5. The average Bonchev–Trinajstić information content (AvgIpc) is 2.28. The topological polar surface area (TPSA) is 35.5 Å². The molecule has 0 aliphatic rings. The van der Waals surface area contributed by atoms with E-state index in [9.17, 15) is 18.0 Å². The maximum atomic E-state index is 12.2. The van der Waals surface area contributed by atoms with E-state index in [-0.39, 0.29) is 29.0 Å². The smallest absolute Gasteiger partial charge is 0.490 e. The van der Waals surface area contributed by atoms with E-state index in [1.165, 1.54) is 12.1 Å². The molecule has 7 heteroatoms. The first-order valence-electron chi connectivity index (χ1n) is 4.99. The molecule has 1 aromatic carbocycles. The Bertz CT molecular complexity index is 432. The molecule has 0 saturated carbocycles. The third-order valence-corrected chi connectivity index (χ3v) is 2.42. The number of Topliss-reactive ketones (excluding diaryl/α,β-unsaturated/α-hetero) is 1. The van der Waals surface area contributed by atoms with Crippen LogP contribution in [0.25, 0.3) is 0 Å². The van der Waals surface area contributed by atoms with Gasteiger partial charge in [0.05, 0.1) is 11.9 Å². The highest BCUT2D eigenvalue weighted by atomic mass is 79.9. The molecule has 0 saturated heterocycles. The Hall–Kier alpha value is -1.24. The lowest BCUT2D eigenvalue weighted by Crippen LogP contribution is -2.18. The van der Waals surface area contributed by atoms with E-state index < -0.39 is 12.1 Å². The van der Waals surface area contributed by atoms with Crippen molar-refractivity contribution >= 4 is 21.7 Å². The SMILES string of the molecule is CCOc1ccc(C(=O)CBr)cc1OC(F)(F)F. The summed E-state index contributed by atoms with van der Waals surface area (Å²) in [5.74, 6) is -0.915. The fourth-order valence-corrected chi connectivity index (χ4v) is 1.56. The minimum absolute atomic E-state index is 0.0203. The second-order valence-electron chi connectivity index (χ2n) is 3.20. The van der Waals surface area contributed by atoms with Gasteiger partial charge in [0.15, 0.2) is 17.3 Å². The highest BCUT2D eigenvalue weighted by Crippen LogP contribution is 2.33. The first-order valence-corrected chi connectivity index (χ1v) is 6.11. The number of hydrogen-bond donors (Lipinski definition) is 0. The number of carbonyl (C=O) groups is 1. The van der Waals surface area contributed by atoms with Crippen LogP contribution in [0.5, 0.6) is 11.5 Å². The van der Waals surface area contributed by atoms with Gasteiger partial charge in [0.2, 0.25) is 0 Å². The van der Waals surface area contributed by atoms with Crippen molar-refractivity contribution in [1.29, 1.82) is 0 Å². The van der Waals surface area contributed by atoms with Crippen LogP contribution in [0.15, 0.2) is 18.2 Å². The average molecular weight is 327 g/mol. The minimum atomic E-state index is -4.83. The molecule has 0 fully saturated rings. The van der Waals surface area contributed by atoms with Gasteiger partial charge < -0.3 is 9.47 Å². The molecule has 3 nitrogen and oxygen atoms in total. The molecule has 0 aliphatic carbocycles. The third kappa shape index (κ3) is 4.21. The van der Waals surface area contributed by atoms with Gasteiger partial charge in [0, 0.05) is 5.56 Å². The van der Waals surface area contributed by atoms with Crippen LogP contribution in [0.4, 0.5) is 13.2 Å². The minimum Gasteiger partial charge on any atom is -0.490 e. The Labute approximate surface area is 110 Å². The zero-order chi connectivity index (χ0) is 13.8. The molecule has 0 aliphatic heterocycles. The van der Waals surface area contributed by atoms with Crippen molar-refractivity contribution in [3.63, 3.8) is 0 Å². The molecule has 0 spiro atoms. The van der Waals surface area contributed by atoms with E-state index in [1.807, 2.05) is 0 Å². The largest absolute Gasteiger partial charge is 0.573 e. The highest BCUT2D eigenvalue weighted by molar-refractivity contribution is 9.09. The van der Waals surface area contributed by atoms with E-state index in [1.54, 1.807) is 6.92 Å². The van der Waals surface area contributed by atoms with Crippen LogP contribution in [-0.4, -0.2) is 24.1 Å². The van der Waals surface area contributed by atoms with Gasteiger partial charge in [-0.1, -0.05) is 15.9 Å². The Balaban J connectivity index is 3.11. The third-order valence-electron chi connectivity index (χ3n) is 1.91. The van der Waals surface area contributed by atoms with Gasteiger partial charge in [0.1, 0.15) is 0 Å². The molecule has 18 heavy (non-hydrogen) atoms. The number of ether oxygens (including phenoxy) is 2. The summed E-state index contributed by atoms with van der Waals surface area (Å²) in [7, 11) is 0. The Kier molecular flexibility index (Phi) is 5.01. The summed E-state index contributed by atoms with van der Waals surface area (Å²) < 4.78 is 45.4. The van der Waals surface area contributed by atoms with Crippen molar-refractivity contribution < 1.29 is 27.4 Å². The number of benzene rings is 1. The first-order chi connectivity index (χ1) is 8.37. The van der Waals surface area contributed by atoms with Crippen molar-refractivity contribution in [2.24, 2.45) is 0 Å². The Morgan fingerprint density at radius 3 is 2.50 bits per heavy atom. The van der Waals surface area contributed by atoms with Crippen molar-refractivity contribution in [3.8, 4) is 11.5 Å². The molecular weight excluding hydrogens is 317 g/mol. The summed E-state index contributed by atoms with van der Waals surface area (Å²) in [6, 6.07) is 3.68. The van der Waals surface area contributed by atoms with Crippen LogP contribution in [0.2, 0.25) is 0 Å². The zero-order valence-electron chi connectivity index (χ0n) is 9.38. The van der Waals surface area contributed by atoms with Crippen molar-refractivity contribution in [2.75, 3.05) is 11.9 Å². The highest BCUT2D eigenvalue weighted by Gasteiger charge is 2.32. The quantitative estimate of drug-likeness (QED) is 0.613. The van der Waals surface area contributed by atoms with Crippen LogP contribution in [0.1, 0.15) is 17.3 Å². The zero-order valence-corrected chi connectivity index (χ0v) is 11.0. The van der Waals surface area contributed by atoms with E-state index >= 15 is 0 Å². The molecule has 0 atom stereocenters. The standard InChI is InChI=1S/C11H10BrF3O3/c1-2-17-9-4-3-7(8(16)6-12)5-10(9)18-11(13,14)15/h3-5H,2,6H2,1H3. The summed E-state index contributed by atoms with van der Waals surface area (Å²) >= 11 is 2.94. The molecule has 0 radical (unpaired) electrons. The van der Waals surface area contributed by atoms with E-state index in [0.29, 0.717) is 0 Å². The molecule has 1 aromatic rings. The maximum Gasteiger partial charge on any atom is 0.573 e. The number of ketones is 1. The summed E-state index contributed by atoms with van der Waals surface area (Å²) in [4.78, 5) is 11.4. The fraction of sp³-hybridized carbons (Fsp3) is 0.364. The molecule has 0 heterocycles. The molecule has 100 valence electrons. The molecule has 0 aromatic heterocycles. The van der Waals surface area contributed by atoms with Crippen LogP contribution < -0.4 is 9.47 Å². The summed E-state index contributed by atoms with van der Waals surface area (Å²) in [6.07, 6.45) is -4.83. The molecule has 0 N–H and O–H groups in total. The van der Waals surface area contributed by atoms with Crippen LogP contribution in [0, 0.1) is 0 Å². The predicted octanol–water partition coefficient (Wildman–Crippen LogP) is 3.56. The maximum absolute atomic E-state index is 12.2. The Morgan fingerprint density at radius 1 is 1.33 bits per heavy atom. The van der Waals surface area contributed by atoms with Crippen molar-refractivity contribution in [3.05, 3.63) is 23.8 Å². The number of alkyl halides is 4. The van der Waals surface area contributed by atoms with Gasteiger partial charge >= 0.3 is 6.36 Å². The van der Waals surface area contributed by atoms with Crippen LogP contribution in [-0.2, 0) is 0 Å². The van der Waals surface area contributed by atoms with Crippen LogP contribution >= 0.6 is 15.9 Å². The normalized spacial score (nSPS) is 11.2. The van der Waals surface area contributed by atoms with E-state index in [2.05, 4.69) is 20.7 Å². The molecular formula is C11H10BrF3O3. The van der Waals surface area contributed by atoms with Gasteiger partial charge in [-0.05, 0) is 25.1 Å². The fourth-order valence-electron chi connectivity index (χ4n) is 1.24. The van der Waals surface area contributed by atoms with Gasteiger partial charge in [-0.2, -0.15) is 0 Å². The summed E-state index contributed by atoms with van der Waals surface area (Å²) in [5.41, 5.74) is 0.120. The molecule has 0 unspecified atom stereocenters. The summed E-state index contributed by atoms with van der Waals surface area (Å²) in [5, 5.41) is 0.0203.